The average Bonchev–Trinajstić information content (AvgIpc) is 2.99. The van der Waals surface area contributed by atoms with E-state index in [-0.39, 0.29) is 5.91 Å². The molecule has 0 spiro atoms. The SMILES string of the molecule is O=C(c1ccc(Cl)c2cccnc12)N1CCc2cnccc21. The molecule has 1 aliphatic heterocycles. The van der Waals surface area contributed by atoms with Gasteiger partial charge in [-0.15, -0.1) is 0 Å². The first kappa shape index (κ1) is 13.2. The van der Waals surface area contributed by atoms with Crippen molar-refractivity contribution >= 4 is 34.1 Å². The lowest BCUT2D eigenvalue weighted by Gasteiger charge is -2.18. The molecule has 0 saturated carbocycles. The summed E-state index contributed by atoms with van der Waals surface area (Å²) in [6.07, 6.45) is 6.04. The Morgan fingerprint density at radius 1 is 1.18 bits per heavy atom. The van der Waals surface area contributed by atoms with Gasteiger partial charge in [-0.3, -0.25) is 14.8 Å². The van der Waals surface area contributed by atoms with Crippen LogP contribution in [0.4, 0.5) is 5.69 Å². The number of carbonyl (C=O) groups excluding carboxylic acids is 1. The molecule has 3 aromatic rings. The summed E-state index contributed by atoms with van der Waals surface area (Å²) in [6.45, 7) is 0.664. The van der Waals surface area contributed by atoms with Crippen LogP contribution >= 0.6 is 11.6 Å². The molecule has 2 aromatic heterocycles. The highest BCUT2D eigenvalue weighted by atomic mass is 35.5. The first-order valence-electron chi connectivity index (χ1n) is 7.04. The minimum absolute atomic E-state index is 0.0506. The van der Waals surface area contributed by atoms with Crippen LogP contribution in [0.2, 0.25) is 5.02 Å². The van der Waals surface area contributed by atoms with E-state index in [0.717, 1.165) is 23.1 Å². The van der Waals surface area contributed by atoms with Crippen LogP contribution in [0.5, 0.6) is 0 Å². The number of pyridine rings is 2. The highest BCUT2D eigenvalue weighted by molar-refractivity contribution is 6.36. The van der Waals surface area contributed by atoms with E-state index in [4.69, 9.17) is 11.6 Å². The second-order valence-electron chi connectivity index (χ2n) is 5.21. The Balaban J connectivity index is 1.84. The number of carbonyl (C=O) groups is 1. The van der Waals surface area contributed by atoms with Crippen molar-refractivity contribution in [2.24, 2.45) is 0 Å². The molecule has 4 rings (SSSR count). The third-order valence-corrected chi connectivity index (χ3v) is 4.29. The minimum Gasteiger partial charge on any atom is -0.308 e. The first-order chi connectivity index (χ1) is 10.8. The zero-order valence-electron chi connectivity index (χ0n) is 11.7. The third-order valence-electron chi connectivity index (χ3n) is 3.97. The molecule has 1 amide bonds. The van der Waals surface area contributed by atoms with Gasteiger partial charge in [0.2, 0.25) is 0 Å². The predicted octanol–water partition coefficient (Wildman–Crippen LogP) is 3.49. The van der Waals surface area contributed by atoms with Gasteiger partial charge in [0.25, 0.3) is 5.91 Å². The Bertz CT molecular complexity index is 894. The summed E-state index contributed by atoms with van der Waals surface area (Å²) in [5.74, 6) is -0.0506. The van der Waals surface area contributed by atoms with Crippen LogP contribution in [-0.2, 0) is 6.42 Å². The molecule has 0 radical (unpaired) electrons. The van der Waals surface area contributed by atoms with Crippen molar-refractivity contribution in [3.63, 3.8) is 0 Å². The van der Waals surface area contributed by atoms with Crippen LogP contribution < -0.4 is 4.90 Å². The molecule has 0 unspecified atom stereocenters. The van der Waals surface area contributed by atoms with Crippen molar-refractivity contribution < 1.29 is 4.79 Å². The highest BCUT2D eigenvalue weighted by Crippen LogP contribution is 2.31. The maximum atomic E-state index is 13.0. The fraction of sp³-hybridized carbons (Fsp3) is 0.118. The Labute approximate surface area is 132 Å². The Morgan fingerprint density at radius 3 is 3.00 bits per heavy atom. The van der Waals surface area contributed by atoms with Gasteiger partial charge in [-0.25, -0.2) is 0 Å². The largest absolute Gasteiger partial charge is 0.308 e. The number of halogens is 1. The standard InChI is InChI=1S/C17H12ClN3O/c18-14-4-3-13(16-12(14)2-1-7-20-16)17(22)21-9-6-11-10-19-8-5-15(11)21/h1-5,7-8,10H,6,9H2. The molecule has 0 N–H and O–H groups in total. The zero-order chi connectivity index (χ0) is 15.1. The van der Waals surface area contributed by atoms with Crippen LogP contribution in [0.1, 0.15) is 15.9 Å². The second-order valence-corrected chi connectivity index (χ2v) is 5.61. The lowest BCUT2D eigenvalue weighted by molar-refractivity contribution is 0.0991. The summed E-state index contributed by atoms with van der Waals surface area (Å²) in [4.78, 5) is 23.2. The van der Waals surface area contributed by atoms with E-state index >= 15 is 0 Å². The molecule has 0 saturated heterocycles. The fourth-order valence-electron chi connectivity index (χ4n) is 2.90. The van der Waals surface area contributed by atoms with Crippen LogP contribution in [0.25, 0.3) is 10.9 Å². The van der Waals surface area contributed by atoms with Crippen molar-refractivity contribution in [1.82, 2.24) is 9.97 Å². The monoisotopic (exact) mass is 309 g/mol. The normalized spacial score (nSPS) is 13.4. The quantitative estimate of drug-likeness (QED) is 0.691. The molecule has 0 bridgehead atoms. The van der Waals surface area contributed by atoms with Crippen molar-refractivity contribution in [3.8, 4) is 0 Å². The molecule has 3 heterocycles. The van der Waals surface area contributed by atoms with Crippen molar-refractivity contribution in [2.75, 3.05) is 11.4 Å². The van der Waals surface area contributed by atoms with Gasteiger partial charge in [0.1, 0.15) is 0 Å². The molecular formula is C17H12ClN3O. The van der Waals surface area contributed by atoms with Crippen LogP contribution in [-0.4, -0.2) is 22.4 Å². The van der Waals surface area contributed by atoms with E-state index in [1.54, 1.807) is 29.4 Å². The maximum Gasteiger partial charge on any atom is 0.260 e. The highest BCUT2D eigenvalue weighted by Gasteiger charge is 2.27. The Morgan fingerprint density at radius 2 is 2.09 bits per heavy atom. The number of rotatable bonds is 1. The lowest BCUT2D eigenvalue weighted by Crippen LogP contribution is -2.29. The van der Waals surface area contributed by atoms with E-state index < -0.39 is 0 Å². The topological polar surface area (TPSA) is 46.1 Å². The number of benzene rings is 1. The second kappa shape index (κ2) is 5.07. The summed E-state index contributed by atoms with van der Waals surface area (Å²) in [5, 5.41) is 1.40. The van der Waals surface area contributed by atoms with E-state index in [9.17, 15) is 4.79 Å². The van der Waals surface area contributed by atoms with Crippen LogP contribution in [0.3, 0.4) is 0 Å². The number of hydrogen-bond donors (Lipinski definition) is 0. The molecule has 4 nitrogen and oxygen atoms in total. The average molecular weight is 310 g/mol. The van der Waals surface area contributed by atoms with Gasteiger partial charge >= 0.3 is 0 Å². The zero-order valence-corrected chi connectivity index (χ0v) is 12.4. The fourth-order valence-corrected chi connectivity index (χ4v) is 3.11. The van der Waals surface area contributed by atoms with Gasteiger partial charge in [-0.05, 0) is 42.3 Å². The maximum absolute atomic E-state index is 13.0. The molecule has 22 heavy (non-hydrogen) atoms. The predicted molar refractivity (Wildman–Crippen MR) is 86.4 cm³/mol. The summed E-state index contributed by atoms with van der Waals surface area (Å²) in [5.41, 5.74) is 3.24. The molecule has 1 aliphatic rings. The van der Waals surface area contributed by atoms with Gasteiger partial charge in [0.15, 0.2) is 0 Å². The molecule has 0 fully saturated rings. The summed E-state index contributed by atoms with van der Waals surface area (Å²) < 4.78 is 0. The third kappa shape index (κ3) is 1.96. The number of aromatic nitrogens is 2. The molecule has 0 aliphatic carbocycles. The molecule has 0 atom stereocenters. The van der Waals surface area contributed by atoms with Gasteiger partial charge in [0.05, 0.1) is 21.8 Å². The lowest BCUT2D eigenvalue weighted by atomic mass is 10.1. The van der Waals surface area contributed by atoms with Crippen molar-refractivity contribution in [3.05, 3.63) is 65.1 Å². The van der Waals surface area contributed by atoms with Gasteiger partial charge in [-0.1, -0.05) is 11.6 Å². The van der Waals surface area contributed by atoms with E-state index in [1.807, 2.05) is 24.4 Å². The summed E-state index contributed by atoms with van der Waals surface area (Å²) in [6, 6.07) is 9.08. The van der Waals surface area contributed by atoms with E-state index in [1.165, 1.54) is 0 Å². The molecular weight excluding hydrogens is 298 g/mol. The van der Waals surface area contributed by atoms with Crippen LogP contribution in [0.15, 0.2) is 48.9 Å². The van der Waals surface area contributed by atoms with Crippen LogP contribution in [0, 0.1) is 0 Å². The van der Waals surface area contributed by atoms with Gasteiger partial charge < -0.3 is 4.90 Å². The smallest absolute Gasteiger partial charge is 0.260 e. The molecule has 5 heteroatoms. The van der Waals surface area contributed by atoms with Crippen molar-refractivity contribution in [2.45, 2.75) is 6.42 Å². The molecule has 1 aromatic carbocycles. The molecule has 108 valence electrons. The van der Waals surface area contributed by atoms with Gasteiger partial charge in [0, 0.05) is 30.5 Å². The number of anilines is 1. The number of amides is 1. The number of fused-ring (bicyclic) bond motifs is 2. The van der Waals surface area contributed by atoms with E-state index in [2.05, 4.69) is 9.97 Å². The number of nitrogens with zero attached hydrogens (tertiary/aromatic N) is 3. The van der Waals surface area contributed by atoms with E-state index in [0.29, 0.717) is 22.6 Å². The summed E-state index contributed by atoms with van der Waals surface area (Å²) in [7, 11) is 0. The Hall–Kier alpha value is -2.46. The van der Waals surface area contributed by atoms with Crippen molar-refractivity contribution in [1.29, 1.82) is 0 Å². The Kier molecular flexibility index (Phi) is 3.05. The minimum atomic E-state index is -0.0506. The van der Waals surface area contributed by atoms with Gasteiger partial charge in [-0.2, -0.15) is 0 Å². The number of hydrogen-bond acceptors (Lipinski definition) is 3. The summed E-state index contributed by atoms with van der Waals surface area (Å²) >= 11 is 6.20. The first-order valence-corrected chi connectivity index (χ1v) is 7.41.